The van der Waals surface area contributed by atoms with Crippen LogP contribution in [0.4, 0.5) is 0 Å². The molecular weight excluding hydrogens is 236 g/mol. The van der Waals surface area contributed by atoms with Gasteiger partial charge < -0.3 is 4.74 Å². The first-order chi connectivity index (χ1) is 9.28. The van der Waals surface area contributed by atoms with Crippen LogP contribution in [0.1, 0.15) is 16.7 Å². The average Bonchev–Trinajstić information content (AvgIpc) is 2.47. The summed E-state index contributed by atoms with van der Waals surface area (Å²) in [6.45, 7) is 3.67. The number of rotatable bonds is 3. The molecule has 3 nitrogen and oxygen atoms in total. The van der Waals surface area contributed by atoms with Crippen molar-refractivity contribution in [2.75, 3.05) is 0 Å². The van der Waals surface area contributed by atoms with Gasteiger partial charge in [-0.05, 0) is 29.8 Å². The van der Waals surface area contributed by atoms with E-state index in [1.54, 1.807) is 36.4 Å². The molecule has 2 rings (SSSR count). The van der Waals surface area contributed by atoms with Gasteiger partial charge in [-0.2, -0.15) is 10.5 Å². The van der Waals surface area contributed by atoms with Crippen molar-refractivity contribution in [1.82, 2.24) is 0 Å². The summed E-state index contributed by atoms with van der Waals surface area (Å²) >= 11 is 0. The van der Waals surface area contributed by atoms with Crippen LogP contribution in [0.15, 0.2) is 49.0 Å². The fourth-order valence-corrected chi connectivity index (χ4v) is 1.62. The van der Waals surface area contributed by atoms with Gasteiger partial charge in [-0.1, -0.05) is 30.9 Å². The summed E-state index contributed by atoms with van der Waals surface area (Å²) in [5, 5.41) is 18.0. The molecular formula is C16H10N2O. The third kappa shape index (κ3) is 2.62. The fourth-order valence-electron chi connectivity index (χ4n) is 1.62. The molecule has 0 aliphatic rings. The quantitative estimate of drug-likeness (QED) is 0.826. The topological polar surface area (TPSA) is 56.8 Å². The molecule has 0 radical (unpaired) electrons. The number of hydrogen-bond acceptors (Lipinski definition) is 3. The van der Waals surface area contributed by atoms with Crippen molar-refractivity contribution in [1.29, 1.82) is 10.5 Å². The highest BCUT2D eigenvalue weighted by molar-refractivity contribution is 5.55. The Balaban J connectivity index is 2.36. The van der Waals surface area contributed by atoms with E-state index in [2.05, 4.69) is 6.58 Å². The molecule has 2 aromatic rings. The lowest BCUT2D eigenvalue weighted by Gasteiger charge is -2.08. The molecule has 0 atom stereocenters. The zero-order valence-electron chi connectivity index (χ0n) is 10.1. The highest BCUT2D eigenvalue weighted by Crippen LogP contribution is 2.27. The summed E-state index contributed by atoms with van der Waals surface area (Å²) in [5.41, 5.74) is 1.54. The van der Waals surface area contributed by atoms with Crippen LogP contribution in [0.5, 0.6) is 11.5 Å². The first-order valence-electron chi connectivity index (χ1n) is 5.62. The largest absolute Gasteiger partial charge is 0.456 e. The van der Waals surface area contributed by atoms with E-state index in [-0.39, 0.29) is 5.56 Å². The van der Waals surface area contributed by atoms with Crippen LogP contribution in [0.2, 0.25) is 0 Å². The molecule has 0 saturated carbocycles. The molecule has 0 aromatic heterocycles. The maximum absolute atomic E-state index is 9.10. The maximum Gasteiger partial charge on any atom is 0.146 e. The zero-order chi connectivity index (χ0) is 13.7. The molecule has 0 saturated heterocycles. The summed E-state index contributed by atoms with van der Waals surface area (Å²) in [6.07, 6.45) is 1.74. The van der Waals surface area contributed by atoms with Gasteiger partial charge in [0.25, 0.3) is 0 Å². The van der Waals surface area contributed by atoms with Gasteiger partial charge in [0, 0.05) is 0 Å². The first-order valence-corrected chi connectivity index (χ1v) is 5.62. The SMILES string of the molecule is C=Cc1ccc(Oc2cccc(C#N)c2C#N)cc1. The molecule has 0 aliphatic carbocycles. The molecule has 3 heteroatoms. The number of nitriles is 2. The van der Waals surface area contributed by atoms with Crippen LogP contribution in [0.25, 0.3) is 6.08 Å². The minimum Gasteiger partial charge on any atom is -0.456 e. The van der Waals surface area contributed by atoms with E-state index in [0.717, 1.165) is 5.56 Å². The number of benzene rings is 2. The molecule has 0 aliphatic heterocycles. The van der Waals surface area contributed by atoms with Gasteiger partial charge in [0.2, 0.25) is 0 Å². The van der Waals surface area contributed by atoms with Crippen molar-refractivity contribution >= 4 is 6.08 Å². The lowest BCUT2D eigenvalue weighted by atomic mass is 10.1. The second kappa shape index (κ2) is 5.53. The first kappa shape index (κ1) is 12.4. The van der Waals surface area contributed by atoms with Gasteiger partial charge in [-0.3, -0.25) is 0 Å². The molecule has 90 valence electrons. The van der Waals surface area contributed by atoms with Crippen LogP contribution in [0.3, 0.4) is 0 Å². The highest BCUT2D eigenvalue weighted by atomic mass is 16.5. The molecule has 0 heterocycles. The Labute approximate surface area is 111 Å². The van der Waals surface area contributed by atoms with Crippen molar-refractivity contribution in [3.63, 3.8) is 0 Å². The average molecular weight is 246 g/mol. The number of hydrogen-bond donors (Lipinski definition) is 0. The van der Waals surface area contributed by atoms with Crippen LogP contribution >= 0.6 is 0 Å². The third-order valence-electron chi connectivity index (χ3n) is 2.60. The van der Waals surface area contributed by atoms with Gasteiger partial charge in [0.05, 0.1) is 5.56 Å². The fraction of sp³-hybridized carbons (Fsp3) is 0. The normalized spacial score (nSPS) is 9.16. The summed E-state index contributed by atoms with van der Waals surface area (Å²) in [7, 11) is 0. The van der Waals surface area contributed by atoms with Crippen molar-refractivity contribution in [2.24, 2.45) is 0 Å². The Morgan fingerprint density at radius 3 is 2.32 bits per heavy atom. The Morgan fingerprint density at radius 1 is 1.00 bits per heavy atom. The lowest BCUT2D eigenvalue weighted by Crippen LogP contribution is -1.91. The van der Waals surface area contributed by atoms with Crippen LogP contribution in [-0.2, 0) is 0 Å². The van der Waals surface area contributed by atoms with Crippen LogP contribution in [0, 0.1) is 22.7 Å². The minimum absolute atomic E-state index is 0.248. The molecule has 0 spiro atoms. The lowest BCUT2D eigenvalue weighted by molar-refractivity contribution is 0.481. The highest BCUT2D eigenvalue weighted by Gasteiger charge is 2.09. The standard InChI is InChI=1S/C16H10N2O/c1-2-12-6-8-14(9-7-12)19-16-5-3-4-13(10-17)15(16)11-18/h2-9H,1H2. The zero-order valence-corrected chi connectivity index (χ0v) is 10.1. The van der Waals surface area contributed by atoms with Crippen LogP contribution in [-0.4, -0.2) is 0 Å². The molecule has 0 amide bonds. The van der Waals surface area contributed by atoms with Gasteiger partial charge in [0.15, 0.2) is 0 Å². The molecule has 0 N–H and O–H groups in total. The Hall–Kier alpha value is -3.04. The van der Waals surface area contributed by atoms with Crippen molar-refractivity contribution < 1.29 is 4.74 Å². The smallest absolute Gasteiger partial charge is 0.146 e. The van der Waals surface area contributed by atoms with Crippen molar-refractivity contribution in [2.45, 2.75) is 0 Å². The van der Waals surface area contributed by atoms with E-state index in [1.807, 2.05) is 24.3 Å². The summed E-state index contributed by atoms with van der Waals surface area (Å²) in [5.74, 6) is 0.991. The number of nitrogens with zero attached hydrogens (tertiary/aromatic N) is 2. The predicted octanol–water partition coefficient (Wildman–Crippen LogP) is 3.87. The maximum atomic E-state index is 9.10. The van der Waals surface area contributed by atoms with Gasteiger partial charge >= 0.3 is 0 Å². The molecule has 0 unspecified atom stereocenters. The van der Waals surface area contributed by atoms with Gasteiger partial charge in [-0.15, -0.1) is 0 Å². The summed E-state index contributed by atoms with van der Waals surface area (Å²) in [4.78, 5) is 0. The van der Waals surface area contributed by atoms with E-state index in [1.165, 1.54) is 0 Å². The summed E-state index contributed by atoms with van der Waals surface area (Å²) in [6, 6.07) is 16.2. The Morgan fingerprint density at radius 2 is 1.74 bits per heavy atom. The molecule has 0 fully saturated rings. The van der Waals surface area contributed by atoms with E-state index in [9.17, 15) is 0 Å². The predicted molar refractivity (Wildman–Crippen MR) is 72.5 cm³/mol. The van der Waals surface area contributed by atoms with E-state index < -0.39 is 0 Å². The van der Waals surface area contributed by atoms with E-state index in [4.69, 9.17) is 15.3 Å². The minimum atomic E-state index is 0.248. The van der Waals surface area contributed by atoms with E-state index in [0.29, 0.717) is 17.1 Å². The van der Waals surface area contributed by atoms with Crippen molar-refractivity contribution in [3.05, 3.63) is 65.7 Å². The Bertz CT molecular complexity index is 688. The van der Waals surface area contributed by atoms with E-state index >= 15 is 0 Å². The van der Waals surface area contributed by atoms with Crippen LogP contribution < -0.4 is 4.74 Å². The monoisotopic (exact) mass is 246 g/mol. The second-order valence-electron chi connectivity index (χ2n) is 3.78. The van der Waals surface area contributed by atoms with Gasteiger partial charge in [0.1, 0.15) is 29.2 Å². The Kier molecular flexibility index (Phi) is 3.61. The summed E-state index contributed by atoms with van der Waals surface area (Å²) < 4.78 is 5.63. The van der Waals surface area contributed by atoms with Gasteiger partial charge in [-0.25, -0.2) is 0 Å². The number of ether oxygens (including phenoxy) is 1. The molecule has 2 aromatic carbocycles. The molecule has 0 bridgehead atoms. The van der Waals surface area contributed by atoms with Crippen molar-refractivity contribution in [3.8, 4) is 23.6 Å². The second-order valence-corrected chi connectivity index (χ2v) is 3.78. The third-order valence-corrected chi connectivity index (χ3v) is 2.60. The molecule has 19 heavy (non-hydrogen) atoms.